The lowest BCUT2D eigenvalue weighted by atomic mass is 9.89. The highest BCUT2D eigenvalue weighted by Crippen LogP contribution is 2.47. The average Bonchev–Trinajstić information content (AvgIpc) is 3.76. The van der Waals surface area contributed by atoms with Crippen LogP contribution in [0.4, 0.5) is 20.6 Å². The first kappa shape index (κ1) is 50.1. The van der Waals surface area contributed by atoms with Gasteiger partial charge in [-0.25, -0.2) is 36.3 Å². The molecule has 0 spiro atoms. The number of carbonyl (C=O) groups is 5. The molecule has 18 nitrogen and oxygen atoms in total. The molecule has 0 radical (unpaired) electrons. The van der Waals surface area contributed by atoms with E-state index in [1.54, 1.807) is 63.1 Å². The third kappa shape index (κ3) is 10.9. The Morgan fingerprint density at radius 1 is 0.943 bits per heavy atom. The number of thiophene rings is 1. The number of piperidine rings is 3. The number of amides is 4. The fraction of sp³-hybridized carbons (Fsp3) is 0.417. The van der Waals surface area contributed by atoms with Crippen molar-refractivity contribution in [2.24, 2.45) is 7.05 Å². The lowest BCUT2D eigenvalue weighted by molar-refractivity contribution is -0.139. The van der Waals surface area contributed by atoms with Crippen LogP contribution >= 0.6 is 22.9 Å². The number of aromatic nitrogens is 2. The summed E-state index contributed by atoms with van der Waals surface area (Å²) in [7, 11) is -2.13. The molecule has 1 unspecified atom stereocenters. The summed E-state index contributed by atoms with van der Waals surface area (Å²) in [5.41, 5.74) is 2.19. The number of nitrogens with zero attached hydrogens (tertiary/aromatic N) is 4. The normalized spacial score (nSPS) is 17.6. The molecule has 3 aliphatic heterocycles. The minimum absolute atomic E-state index is 0.0430. The van der Waals surface area contributed by atoms with Gasteiger partial charge in [0.2, 0.25) is 21.8 Å². The Morgan fingerprint density at radius 3 is 2.34 bits per heavy atom. The van der Waals surface area contributed by atoms with Gasteiger partial charge in [0.15, 0.2) is 23.1 Å². The number of nitrogens with one attached hydrogen (secondary N) is 3. The van der Waals surface area contributed by atoms with E-state index in [2.05, 4.69) is 16.0 Å². The first-order valence-corrected chi connectivity index (χ1v) is 25.6. The van der Waals surface area contributed by atoms with Gasteiger partial charge >= 0.3 is 23.7 Å². The highest BCUT2D eigenvalue weighted by atomic mass is 35.5. The molecule has 3 aliphatic rings. The number of hydrogen-bond acceptors (Lipinski definition) is 12. The highest BCUT2D eigenvalue weighted by molar-refractivity contribution is 7.88. The molecule has 3 aromatic carbocycles. The van der Waals surface area contributed by atoms with Gasteiger partial charge in [0.25, 0.3) is 0 Å². The summed E-state index contributed by atoms with van der Waals surface area (Å²) in [4.78, 5) is 77.2. The summed E-state index contributed by atoms with van der Waals surface area (Å²) in [5.74, 6) is -4.03. The van der Waals surface area contributed by atoms with Crippen LogP contribution in [-0.4, -0.2) is 106 Å². The molecule has 372 valence electrons. The third-order valence-corrected chi connectivity index (χ3v) is 16.1. The number of ether oxygens (including phenoxy) is 2. The number of aryl methyl sites for hydroxylation is 1. The van der Waals surface area contributed by atoms with E-state index in [1.165, 1.54) is 25.6 Å². The Kier molecular flexibility index (Phi) is 14.5. The summed E-state index contributed by atoms with van der Waals surface area (Å²) in [6, 6.07) is 15.7. The SMILES string of the molecule is Cn1c(=O)n(C2CCC(=O)NC2=O)c2ccc(C3CCN(C(=O)Nc4cccc(CS(=O)(=O)N5CCC(Nc6cccc(-c7sc(C(=O)OC(C)(C)C)c(OCC(=O)O)c7Cl)c6F)CC5)c4)CC3)cc21. The van der Waals surface area contributed by atoms with Gasteiger partial charge in [-0.3, -0.25) is 24.0 Å². The summed E-state index contributed by atoms with van der Waals surface area (Å²) in [5, 5.41) is 17.5. The minimum Gasteiger partial charge on any atom is -0.479 e. The molecule has 2 aromatic heterocycles. The molecular formula is C48H53ClFN7O11S2. The van der Waals surface area contributed by atoms with Gasteiger partial charge in [-0.05, 0) is 100 Å². The van der Waals surface area contributed by atoms with E-state index in [4.69, 9.17) is 21.1 Å². The number of sulfonamides is 1. The van der Waals surface area contributed by atoms with Crippen molar-refractivity contribution in [2.45, 2.75) is 88.7 Å². The van der Waals surface area contributed by atoms with Crippen LogP contribution in [0.3, 0.4) is 0 Å². The van der Waals surface area contributed by atoms with Crippen LogP contribution in [0.25, 0.3) is 21.5 Å². The largest absolute Gasteiger partial charge is 0.479 e. The average molecular weight is 1020 g/mol. The van der Waals surface area contributed by atoms with Crippen molar-refractivity contribution in [1.82, 2.24) is 23.7 Å². The number of hydrogen-bond donors (Lipinski definition) is 4. The van der Waals surface area contributed by atoms with Gasteiger partial charge in [-0.15, -0.1) is 11.3 Å². The fourth-order valence-electron chi connectivity index (χ4n) is 9.13. The number of urea groups is 1. The summed E-state index contributed by atoms with van der Waals surface area (Å²) in [6.07, 6.45) is 2.48. The molecule has 3 saturated heterocycles. The first-order chi connectivity index (χ1) is 33.2. The molecule has 0 aliphatic carbocycles. The highest BCUT2D eigenvalue weighted by Gasteiger charge is 2.34. The van der Waals surface area contributed by atoms with E-state index in [0.717, 1.165) is 16.9 Å². The maximum atomic E-state index is 16.2. The quantitative estimate of drug-likeness (QED) is 0.0686. The van der Waals surface area contributed by atoms with E-state index in [1.807, 2.05) is 18.2 Å². The molecule has 3 fully saturated rings. The van der Waals surface area contributed by atoms with Crippen LogP contribution < -0.4 is 26.4 Å². The molecular weight excluding hydrogens is 969 g/mol. The van der Waals surface area contributed by atoms with Crippen molar-refractivity contribution in [3.8, 4) is 16.2 Å². The van der Waals surface area contributed by atoms with Gasteiger partial charge in [0, 0.05) is 56.9 Å². The van der Waals surface area contributed by atoms with Crippen LogP contribution in [0.1, 0.15) is 92.1 Å². The smallest absolute Gasteiger partial charge is 0.352 e. The number of imidazole rings is 1. The minimum atomic E-state index is -3.79. The van der Waals surface area contributed by atoms with Crippen molar-refractivity contribution in [3.63, 3.8) is 0 Å². The Morgan fingerprint density at radius 2 is 1.66 bits per heavy atom. The number of benzene rings is 3. The van der Waals surface area contributed by atoms with Gasteiger partial charge < -0.3 is 30.1 Å². The molecule has 22 heteroatoms. The number of anilines is 2. The molecule has 4 amide bonds. The second-order valence-electron chi connectivity index (χ2n) is 18.6. The van der Waals surface area contributed by atoms with Gasteiger partial charge in [0.1, 0.15) is 16.7 Å². The van der Waals surface area contributed by atoms with E-state index in [0.29, 0.717) is 61.1 Å². The standard InChI is InChI=1S/C48H53ClFN7O11S2/c1-48(2,3)68-45(62)43-41(67-25-38(59)60)39(49)42(69-43)32-9-6-10-33(40(32)50)51-30-17-21-56(22-18-30)70(65,66)26-27-7-5-8-31(23-27)52-46(63)55-19-15-28(16-20-55)29-11-12-34-36(24-29)54(4)47(64)57(34)35-13-14-37(58)53-44(35)61/h5-12,23-24,28,30,35,51H,13-22,25-26H2,1-4H3,(H,52,63)(H,59,60)(H,53,58,61). The number of halogens is 2. The van der Waals surface area contributed by atoms with Crippen molar-refractivity contribution in [2.75, 3.05) is 43.4 Å². The lowest BCUT2D eigenvalue weighted by Gasteiger charge is -2.32. The second-order valence-corrected chi connectivity index (χ2v) is 22.0. The van der Waals surface area contributed by atoms with Crippen LogP contribution in [0.5, 0.6) is 5.75 Å². The molecule has 1 atom stereocenters. The van der Waals surface area contributed by atoms with E-state index >= 15 is 4.39 Å². The maximum absolute atomic E-state index is 16.2. The summed E-state index contributed by atoms with van der Waals surface area (Å²) in [6.45, 7) is 5.48. The summed E-state index contributed by atoms with van der Waals surface area (Å²) < 4.78 is 58.8. The Bertz CT molecular complexity index is 3060. The molecule has 5 aromatic rings. The number of imide groups is 1. The van der Waals surface area contributed by atoms with Crippen LogP contribution in [0.2, 0.25) is 5.02 Å². The predicted octanol–water partition coefficient (Wildman–Crippen LogP) is 7.08. The van der Waals surface area contributed by atoms with Crippen LogP contribution in [0, 0.1) is 5.82 Å². The zero-order valence-electron chi connectivity index (χ0n) is 38.9. The predicted molar refractivity (Wildman–Crippen MR) is 261 cm³/mol. The van der Waals surface area contributed by atoms with E-state index < -0.39 is 51.9 Å². The number of carbonyl (C=O) groups excluding carboxylic acids is 4. The molecule has 8 rings (SSSR count). The van der Waals surface area contributed by atoms with E-state index in [9.17, 15) is 42.3 Å². The first-order valence-electron chi connectivity index (χ1n) is 22.8. The van der Waals surface area contributed by atoms with Crippen molar-refractivity contribution in [1.29, 1.82) is 0 Å². The van der Waals surface area contributed by atoms with Gasteiger partial charge in [-0.1, -0.05) is 41.9 Å². The second kappa shape index (κ2) is 20.2. The zero-order valence-corrected chi connectivity index (χ0v) is 41.3. The zero-order chi connectivity index (χ0) is 50.2. The van der Waals surface area contributed by atoms with Gasteiger partial charge in [-0.2, -0.15) is 0 Å². The topological polar surface area (TPSA) is 228 Å². The fourth-order valence-corrected chi connectivity index (χ4v) is 12.1. The molecule has 0 saturated carbocycles. The monoisotopic (exact) mass is 1020 g/mol. The molecule has 4 N–H and O–H groups in total. The Labute approximate surface area is 411 Å². The number of fused-ring (bicyclic) bond motifs is 1. The van der Waals surface area contributed by atoms with Crippen molar-refractivity contribution in [3.05, 3.63) is 98.0 Å². The number of aliphatic carboxylic acids is 1. The molecule has 70 heavy (non-hydrogen) atoms. The third-order valence-electron chi connectivity index (χ3n) is 12.6. The van der Waals surface area contributed by atoms with Crippen LogP contribution in [0.15, 0.2) is 65.5 Å². The van der Waals surface area contributed by atoms with Gasteiger partial charge in [0.05, 0.1) is 27.4 Å². The Hall–Kier alpha value is -6.29. The summed E-state index contributed by atoms with van der Waals surface area (Å²) >= 11 is 7.43. The number of rotatable bonds is 13. The maximum Gasteiger partial charge on any atom is 0.352 e. The molecule has 0 bridgehead atoms. The Balaban J connectivity index is 0.846. The number of carboxylic acid groups (broad SMARTS) is 1. The number of esters is 1. The van der Waals surface area contributed by atoms with Crippen molar-refractivity contribution < 1.29 is 51.4 Å². The lowest BCUT2D eigenvalue weighted by Crippen LogP contribution is -2.44. The number of likely N-dealkylation sites (tertiary alicyclic amines) is 1. The van der Waals surface area contributed by atoms with Crippen LogP contribution in [-0.2, 0) is 41.9 Å². The van der Waals surface area contributed by atoms with E-state index in [-0.39, 0.29) is 93.0 Å². The number of carboxylic acids is 1. The molecule has 5 heterocycles. The van der Waals surface area contributed by atoms with Crippen molar-refractivity contribution >= 4 is 85.2 Å².